The van der Waals surface area contributed by atoms with E-state index in [1.54, 1.807) is 36.4 Å². The standard InChI is InChI=1S/C17H17ClN4O2/c18-13-4-2-6-15(10-13)24-8-7-23-14-5-1-3-12(9-14)17(20)16(11-19)22-21/h1-6,9-10,22H,7-8,20-21H2/b17-16-. The third kappa shape index (κ3) is 4.81. The lowest BCUT2D eigenvalue weighted by atomic mass is 10.1. The maximum absolute atomic E-state index is 8.94. The topological polar surface area (TPSA) is 106 Å². The number of hydrogen-bond donors (Lipinski definition) is 3. The smallest absolute Gasteiger partial charge is 0.151 e. The summed E-state index contributed by atoms with van der Waals surface area (Å²) in [6.45, 7) is 0.712. The van der Waals surface area contributed by atoms with Crippen LogP contribution in [-0.2, 0) is 0 Å². The SMILES string of the molecule is N#C/C(NN)=C(/N)c1cccc(OCCOc2cccc(Cl)c2)c1. The van der Waals surface area contributed by atoms with Crippen LogP contribution in [0.2, 0.25) is 5.02 Å². The van der Waals surface area contributed by atoms with E-state index in [4.69, 9.17) is 37.9 Å². The number of hydrogen-bond acceptors (Lipinski definition) is 6. The van der Waals surface area contributed by atoms with Gasteiger partial charge in [0.2, 0.25) is 0 Å². The molecule has 0 fully saturated rings. The molecule has 6 nitrogen and oxygen atoms in total. The van der Waals surface area contributed by atoms with Crippen LogP contribution in [0.4, 0.5) is 0 Å². The number of allylic oxidation sites excluding steroid dienone is 1. The van der Waals surface area contributed by atoms with Crippen LogP contribution in [0.5, 0.6) is 11.5 Å². The minimum atomic E-state index is 0.0939. The Morgan fingerprint density at radius 3 is 2.29 bits per heavy atom. The van der Waals surface area contributed by atoms with E-state index in [2.05, 4.69) is 5.43 Å². The van der Waals surface area contributed by atoms with Gasteiger partial charge >= 0.3 is 0 Å². The second-order valence-electron chi connectivity index (χ2n) is 4.73. The largest absolute Gasteiger partial charge is 0.490 e. The molecule has 2 rings (SSSR count). The number of nitrogens with zero attached hydrogens (tertiary/aromatic N) is 1. The van der Waals surface area contributed by atoms with E-state index < -0.39 is 0 Å². The van der Waals surface area contributed by atoms with Crippen LogP contribution in [0, 0.1) is 11.3 Å². The zero-order valence-corrected chi connectivity index (χ0v) is 13.6. The molecule has 0 aliphatic rings. The van der Waals surface area contributed by atoms with Crippen LogP contribution in [0.3, 0.4) is 0 Å². The lowest BCUT2D eigenvalue weighted by Crippen LogP contribution is -2.23. The molecule has 0 amide bonds. The quantitative estimate of drug-likeness (QED) is 0.308. The van der Waals surface area contributed by atoms with Gasteiger partial charge in [0, 0.05) is 10.6 Å². The summed E-state index contributed by atoms with van der Waals surface area (Å²) in [6.07, 6.45) is 0. The number of hydrazine groups is 1. The zero-order chi connectivity index (χ0) is 17.4. The Bertz CT molecular complexity index is 771. The summed E-state index contributed by atoms with van der Waals surface area (Å²) in [5.74, 6) is 6.55. The van der Waals surface area contributed by atoms with Gasteiger partial charge in [-0.15, -0.1) is 0 Å². The maximum atomic E-state index is 8.94. The third-order valence-electron chi connectivity index (χ3n) is 3.09. The summed E-state index contributed by atoms with van der Waals surface area (Å²) in [5, 5.41) is 9.56. The highest BCUT2D eigenvalue weighted by Crippen LogP contribution is 2.19. The van der Waals surface area contributed by atoms with Gasteiger partial charge in [-0.05, 0) is 30.3 Å². The fraction of sp³-hybridized carbons (Fsp3) is 0.118. The highest BCUT2D eigenvalue weighted by Gasteiger charge is 2.06. The number of halogens is 1. The molecule has 0 saturated carbocycles. The van der Waals surface area contributed by atoms with Crippen molar-refractivity contribution >= 4 is 17.3 Å². The van der Waals surface area contributed by atoms with E-state index in [1.807, 2.05) is 18.2 Å². The molecule has 124 valence electrons. The van der Waals surface area contributed by atoms with Crippen molar-refractivity contribution in [2.24, 2.45) is 11.6 Å². The molecule has 7 heteroatoms. The van der Waals surface area contributed by atoms with Crippen molar-refractivity contribution in [3.63, 3.8) is 0 Å². The van der Waals surface area contributed by atoms with Crippen LogP contribution < -0.4 is 26.5 Å². The minimum Gasteiger partial charge on any atom is -0.490 e. The van der Waals surface area contributed by atoms with Crippen molar-refractivity contribution in [1.29, 1.82) is 5.26 Å². The molecule has 0 atom stereocenters. The number of nitrogens with two attached hydrogens (primary N) is 2. The molecule has 5 N–H and O–H groups in total. The van der Waals surface area contributed by atoms with Crippen LogP contribution in [0.25, 0.3) is 5.70 Å². The van der Waals surface area contributed by atoms with Crippen LogP contribution in [0.15, 0.2) is 54.2 Å². The fourth-order valence-corrected chi connectivity index (χ4v) is 2.12. The Balaban J connectivity index is 1.93. The molecule has 0 saturated heterocycles. The van der Waals surface area contributed by atoms with Crippen molar-refractivity contribution in [3.05, 3.63) is 64.8 Å². The molecule has 0 aliphatic heterocycles. The molecular formula is C17H17ClN4O2. The maximum Gasteiger partial charge on any atom is 0.151 e. The zero-order valence-electron chi connectivity index (χ0n) is 12.8. The first-order chi connectivity index (χ1) is 11.6. The molecule has 2 aromatic rings. The molecule has 24 heavy (non-hydrogen) atoms. The highest BCUT2D eigenvalue weighted by molar-refractivity contribution is 6.30. The molecule has 2 aromatic carbocycles. The van der Waals surface area contributed by atoms with E-state index in [0.29, 0.717) is 35.3 Å². The number of nitriles is 1. The summed E-state index contributed by atoms with van der Waals surface area (Å²) >= 11 is 5.89. The Morgan fingerprint density at radius 2 is 1.71 bits per heavy atom. The number of rotatable bonds is 7. The van der Waals surface area contributed by atoms with Crippen molar-refractivity contribution in [1.82, 2.24) is 5.43 Å². The van der Waals surface area contributed by atoms with Gasteiger partial charge in [-0.3, -0.25) is 0 Å². The van der Waals surface area contributed by atoms with E-state index in [1.165, 1.54) is 0 Å². The van der Waals surface area contributed by atoms with Gasteiger partial charge in [-0.1, -0.05) is 29.8 Å². The second kappa shape index (κ2) is 8.67. The van der Waals surface area contributed by atoms with Gasteiger partial charge in [-0.25, -0.2) is 5.84 Å². The first-order valence-electron chi connectivity index (χ1n) is 7.12. The first-order valence-corrected chi connectivity index (χ1v) is 7.50. The van der Waals surface area contributed by atoms with Crippen molar-refractivity contribution in [2.45, 2.75) is 0 Å². The van der Waals surface area contributed by atoms with Crippen molar-refractivity contribution in [2.75, 3.05) is 13.2 Å². The molecule has 0 aromatic heterocycles. The first kappa shape index (κ1) is 17.5. The Labute approximate surface area is 145 Å². The van der Waals surface area contributed by atoms with E-state index in [9.17, 15) is 0 Å². The van der Waals surface area contributed by atoms with E-state index >= 15 is 0 Å². The lowest BCUT2D eigenvalue weighted by Gasteiger charge is -2.10. The van der Waals surface area contributed by atoms with E-state index in [0.717, 1.165) is 0 Å². The summed E-state index contributed by atoms with van der Waals surface area (Å²) in [6, 6.07) is 16.1. The predicted octanol–water partition coefficient (Wildman–Crippen LogP) is 2.41. The minimum absolute atomic E-state index is 0.0939. The highest BCUT2D eigenvalue weighted by atomic mass is 35.5. The van der Waals surface area contributed by atoms with Gasteiger partial charge in [0.05, 0.1) is 5.70 Å². The average molecular weight is 345 g/mol. The summed E-state index contributed by atoms with van der Waals surface area (Å²) < 4.78 is 11.2. The van der Waals surface area contributed by atoms with E-state index in [-0.39, 0.29) is 11.4 Å². The van der Waals surface area contributed by atoms with Crippen LogP contribution in [-0.4, -0.2) is 13.2 Å². The van der Waals surface area contributed by atoms with Crippen molar-refractivity contribution in [3.8, 4) is 17.6 Å². The third-order valence-corrected chi connectivity index (χ3v) is 3.32. The molecular weight excluding hydrogens is 328 g/mol. The Kier molecular flexibility index (Phi) is 6.32. The lowest BCUT2D eigenvalue weighted by molar-refractivity contribution is 0.217. The molecule has 0 bridgehead atoms. The van der Waals surface area contributed by atoms with Gasteiger partial charge in [-0.2, -0.15) is 5.26 Å². The second-order valence-corrected chi connectivity index (χ2v) is 5.16. The Hall–Kier alpha value is -2.88. The normalized spacial score (nSPS) is 11.2. The van der Waals surface area contributed by atoms with Crippen LogP contribution in [0.1, 0.15) is 5.56 Å². The molecule has 0 radical (unpaired) electrons. The summed E-state index contributed by atoms with van der Waals surface area (Å²) in [5.41, 5.74) is 9.14. The molecule has 0 aliphatic carbocycles. The number of ether oxygens (including phenoxy) is 2. The molecule has 0 heterocycles. The predicted molar refractivity (Wildman–Crippen MR) is 92.9 cm³/mol. The van der Waals surface area contributed by atoms with Gasteiger partial charge in [0.15, 0.2) is 5.70 Å². The van der Waals surface area contributed by atoms with Crippen LogP contribution >= 0.6 is 11.6 Å². The monoisotopic (exact) mass is 344 g/mol. The number of nitrogens with one attached hydrogen (secondary N) is 1. The average Bonchev–Trinajstić information content (AvgIpc) is 2.60. The molecule has 0 unspecified atom stereocenters. The van der Waals surface area contributed by atoms with Gasteiger partial charge in [0.25, 0.3) is 0 Å². The molecule has 0 spiro atoms. The summed E-state index contributed by atoms with van der Waals surface area (Å²) in [7, 11) is 0. The van der Waals surface area contributed by atoms with Gasteiger partial charge < -0.3 is 20.6 Å². The van der Waals surface area contributed by atoms with Gasteiger partial charge in [0.1, 0.15) is 30.8 Å². The number of benzene rings is 2. The van der Waals surface area contributed by atoms with Crippen molar-refractivity contribution < 1.29 is 9.47 Å². The summed E-state index contributed by atoms with van der Waals surface area (Å²) in [4.78, 5) is 0. The Morgan fingerprint density at radius 1 is 1.08 bits per heavy atom. The fourth-order valence-electron chi connectivity index (χ4n) is 1.94.